The molecule has 1 aromatic heterocycles. The Morgan fingerprint density at radius 3 is 3.05 bits per heavy atom. The third kappa shape index (κ3) is 3.99. The van der Waals surface area contributed by atoms with Crippen molar-refractivity contribution < 1.29 is 9.63 Å². The van der Waals surface area contributed by atoms with E-state index in [1.807, 2.05) is 42.7 Å². The molecule has 0 fully saturated rings. The average molecular weight is 306 g/mol. The summed E-state index contributed by atoms with van der Waals surface area (Å²) in [7, 11) is 0. The first-order valence-electron chi connectivity index (χ1n) is 6.74. The third-order valence-electron chi connectivity index (χ3n) is 2.93. The van der Waals surface area contributed by atoms with E-state index in [1.165, 1.54) is 0 Å². The van der Waals surface area contributed by atoms with Crippen LogP contribution >= 0.6 is 12.2 Å². The molecule has 0 saturated heterocycles. The molecule has 0 bridgehead atoms. The first-order valence-corrected chi connectivity index (χ1v) is 7.15. The van der Waals surface area contributed by atoms with Crippen LogP contribution < -0.4 is 5.48 Å². The van der Waals surface area contributed by atoms with Crippen molar-refractivity contribution in [1.82, 2.24) is 20.2 Å². The van der Waals surface area contributed by atoms with Gasteiger partial charge in [-0.25, -0.2) is 5.48 Å². The van der Waals surface area contributed by atoms with E-state index in [4.69, 9.17) is 17.1 Å². The number of benzene rings is 1. The molecule has 2 rings (SSSR count). The Balaban J connectivity index is 2.15. The van der Waals surface area contributed by atoms with Crippen molar-refractivity contribution in [1.29, 1.82) is 0 Å². The molecule has 112 valence electrons. The van der Waals surface area contributed by atoms with Crippen molar-refractivity contribution in [2.75, 3.05) is 6.61 Å². The lowest BCUT2D eigenvalue weighted by Gasteiger charge is -2.08. The highest BCUT2D eigenvalue weighted by molar-refractivity contribution is 7.71. The molecule has 21 heavy (non-hydrogen) atoms. The van der Waals surface area contributed by atoms with Crippen LogP contribution in [0.4, 0.5) is 0 Å². The van der Waals surface area contributed by atoms with Crippen LogP contribution in [-0.2, 0) is 16.2 Å². The van der Waals surface area contributed by atoms with Crippen molar-refractivity contribution in [3.8, 4) is 11.4 Å². The van der Waals surface area contributed by atoms with Crippen LogP contribution in [-0.4, -0.2) is 27.3 Å². The van der Waals surface area contributed by atoms with E-state index in [2.05, 4.69) is 15.7 Å². The van der Waals surface area contributed by atoms with E-state index in [1.54, 1.807) is 0 Å². The SMILES string of the molecule is CCONC(=O)CCn1c(-c2cccc(C)c2)n[nH]c1=S. The number of carbonyl (C=O) groups is 1. The van der Waals surface area contributed by atoms with Gasteiger partial charge in [0, 0.05) is 18.5 Å². The standard InChI is InChI=1S/C14H18N4O2S/c1-3-20-17-12(19)7-8-18-13(15-16-14(18)21)11-6-4-5-10(2)9-11/h4-6,9H,3,7-8H2,1-2H3,(H,16,21)(H,17,19). The van der Waals surface area contributed by atoms with Gasteiger partial charge >= 0.3 is 0 Å². The summed E-state index contributed by atoms with van der Waals surface area (Å²) in [6, 6.07) is 7.98. The normalized spacial score (nSPS) is 10.6. The van der Waals surface area contributed by atoms with E-state index in [9.17, 15) is 4.79 Å². The van der Waals surface area contributed by atoms with Crippen molar-refractivity contribution in [3.63, 3.8) is 0 Å². The quantitative estimate of drug-likeness (QED) is 0.635. The molecular weight excluding hydrogens is 288 g/mol. The van der Waals surface area contributed by atoms with Gasteiger partial charge in [0.15, 0.2) is 10.6 Å². The molecule has 1 aromatic carbocycles. The summed E-state index contributed by atoms with van der Waals surface area (Å²) in [5.41, 5.74) is 4.47. The lowest BCUT2D eigenvalue weighted by atomic mass is 10.1. The lowest BCUT2D eigenvalue weighted by Crippen LogP contribution is -2.24. The number of aromatic amines is 1. The molecule has 0 aliphatic rings. The summed E-state index contributed by atoms with van der Waals surface area (Å²) < 4.78 is 2.31. The minimum absolute atomic E-state index is 0.185. The second-order valence-electron chi connectivity index (χ2n) is 4.58. The number of aryl methyl sites for hydroxylation is 1. The predicted molar refractivity (Wildman–Crippen MR) is 82.0 cm³/mol. The average Bonchev–Trinajstić information content (AvgIpc) is 2.84. The maximum absolute atomic E-state index is 11.6. The number of nitrogens with zero attached hydrogens (tertiary/aromatic N) is 2. The molecular formula is C14H18N4O2S. The summed E-state index contributed by atoms with van der Waals surface area (Å²) in [4.78, 5) is 16.5. The molecule has 0 saturated carbocycles. The zero-order valence-corrected chi connectivity index (χ0v) is 12.9. The van der Waals surface area contributed by atoms with E-state index in [0.29, 0.717) is 17.9 Å². The summed E-state index contributed by atoms with van der Waals surface area (Å²) in [6.07, 6.45) is 0.270. The molecule has 0 atom stereocenters. The number of nitrogens with one attached hydrogen (secondary N) is 2. The fourth-order valence-electron chi connectivity index (χ4n) is 1.95. The Kier molecular flexibility index (Phi) is 5.24. The van der Waals surface area contributed by atoms with Crippen LogP contribution in [0.3, 0.4) is 0 Å². The van der Waals surface area contributed by atoms with E-state index < -0.39 is 0 Å². The highest BCUT2D eigenvalue weighted by Crippen LogP contribution is 2.18. The van der Waals surface area contributed by atoms with Crippen molar-refractivity contribution in [2.45, 2.75) is 26.8 Å². The summed E-state index contributed by atoms with van der Waals surface area (Å²) in [5, 5.41) is 7.02. The van der Waals surface area contributed by atoms with Gasteiger partial charge in [0.25, 0.3) is 0 Å². The second-order valence-corrected chi connectivity index (χ2v) is 4.97. The Morgan fingerprint density at radius 1 is 1.52 bits per heavy atom. The highest BCUT2D eigenvalue weighted by Gasteiger charge is 2.10. The lowest BCUT2D eigenvalue weighted by molar-refractivity contribution is -0.133. The van der Waals surface area contributed by atoms with Crippen LogP contribution in [0.25, 0.3) is 11.4 Å². The van der Waals surface area contributed by atoms with Gasteiger partial charge < -0.3 is 0 Å². The number of hydrogen-bond donors (Lipinski definition) is 2. The molecule has 0 aliphatic heterocycles. The molecule has 1 heterocycles. The molecule has 2 aromatic rings. The molecule has 0 aliphatic carbocycles. The van der Waals surface area contributed by atoms with Crippen LogP contribution in [0.2, 0.25) is 0 Å². The van der Waals surface area contributed by atoms with Gasteiger partial charge in [0.2, 0.25) is 5.91 Å². The second kappa shape index (κ2) is 7.14. The van der Waals surface area contributed by atoms with Gasteiger partial charge in [-0.05, 0) is 32.1 Å². The highest BCUT2D eigenvalue weighted by atomic mass is 32.1. The number of amides is 1. The molecule has 1 amide bonds. The van der Waals surface area contributed by atoms with Crippen LogP contribution in [0, 0.1) is 11.7 Å². The molecule has 2 N–H and O–H groups in total. The Labute approximate surface area is 128 Å². The number of carbonyl (C=O) groups excluding carboxylic acids is 1. The first-order chi connectivity index (χ1) is 10.1. The van der Waals surface area contributed by atoms with Crippen LogP contribution in [0.5, 0.6) is 0 Å². The molecule has 0 spiro atoms. The summed E-state index contributed by atoms with van der Waals surface area (Å²) in [6.45, 7) is 4.70. The van der Waals surface area contributed by atoms with Crippen LogP contribution in [0.15, 0.2) is 24.3 Å². The zero-order chi connectivity index (χ0) is 15.2. The Bertz CT molecular complexity index is 678. The van der Waals surface area contributed by atoms with Gasteiger partial charge in [-0.15, -0.1) is 0 Å². The monoisotopic (exact) mass is 306 g/mol. The van der Waals surface area contributed by atoms with Gasteiger partial charge in [-0.3, -0.25) is 19.3 Å². The fraction of sp³-hybridized carbons (Fsp3) is 0.357. The zero-order valence-electron chi connectivity index (χ0n) is 12.0. The van der Waals surface area contributed by atoms with Gasteiger partial charge in [-0.1, -0.05) is 23.8 Å². The van der Waals surface area contributed by atoms with Crippen molar-refractivity contribution >= 4 is 18.1 Å². The minimum atomic E-state index is -0.185. The topological polar surface area (TPSA) is 71.9 Å². The minimum Gasteiger partial charge on any atom is -0.300 e. The largest absolute Gasteiger partial charge is 0.300 e. The molecule has 7 heteroatoms. The van der Waals surface area contributed by atoms with Crippen molar-refractivity contribution in [3.05, 3.63) is 34.6 Å². The Hall–Kier alpha value is -1.99. The third-order valence-corrected chi connectivity index (χ3v) is 3.24. The smallest absolute Gasteiger partial charge is 0.245 e. The first kappa shape index (κ1) is 15.4. The number of rotatable bonds is 6. The van der Waals surface area contributed by atoms with Gasteiger partial charge in [-0.2, -0.15) is 5.10 Å². The molecule has 0 radical (unpaired) electrons. The van der Waals surface area contributed by atoms with Crippen molar-refractivity contribution in [2.24, 2.45) is 0 Å². The number of hydrogen-bond acceptors (Lipinski definition) is 4. The maximum atomic E-state index is 11.6. The molecule has 6 nitrogen and oxygen atoms in total. The van der Waals surface area contributed by atoms with E-state index >= 15 is 0 Å². The number of H-pyrrole nitrogens is 1. The Morgan fingerprint density at radius 2 is 2.33 bits per heavy atom. The summed E-state index contributed by atoms with van der Waals surface area (Å²) >= 11 is 5.23. The summed E-state index contributed by atoms with van der Waals surface area (Å²) in [5.74, 6) is 0.544. The van der Waals surface area contributed by atoms with Gasteiger partial charge in [0.05, 0.1) is 6.61 Å². The maximum Gasteiger partial charge on any atom is 0.245 e. The van der Waals surface area contributed by atoms with Gasteiger partial charge in [0.1, 0.15) is 0 Å². The predicted octanol–water partition coefficient (Wildman–Crippen LogP) is 2.37. The van der Waals surface area contributed by atoms with Crippen LogP contribution in [0.1, 0.15) is 18.9 Å². The van der Waals surface area contributed by atoms with E-state index in [0.717, 1.165) is 17.0 Å². The molecule has 0 unspecified atom stereocenters. The fourth-order valence-corrected chi connectivity index (χ4v) is 2.17. The number of hydroxylamine groups is 1. The number of aromatic nitrogens is 3. The van der Waals surface area contributed by atoms with E-state index in [-0.39, 0.29) is 12.3 Å².